The summed E-state index contributed by atoms with van der Waals surface area (Å²) in [5, 5.41) is 10.0. The average Bonchev–Trinajstić information content (AvgIpc) is 2.96. The van der Waals surface area contributed by atoms with Crippen LogP contribution in [0.2, 0.25) is 18.1 Å². The number of ether oxygens (including phenoxy) is 1. The molecule has 15 heteroatoms. The number of carbonyl (C=O) groups is 4. The Morgan fingerprint density at radius 2 is 1.65 bits per heavy atom. The fourth-order valence-electron chi connectivity index (χ4n) is 4.35. The van der Waals surface area contributed by atoms with E-state index in [1.807, 2.05) is 0 Å². The van der Waals surface area contributed by atoms with Gasteiger partial charge in [0.15, 0.2) is 8.32 Å². The molecule has 0 radical (unpaired) electrons. The van der Waals surface area contributed by atoms with Gasteiger partial charge in [-0.3, -0.25) is 29.4 Å². The number of hydrogen-bond donors (Lipinski definition) is 1. The lowest BCUT2D eigenvalue weighted by atomic mass is 9.91. The Kier molecular flexibility index (Phi) is 11.9. The summed E-state index contributed by atoms with van der Waals surface area (Å²) in [6.07, 6.45) is -0.559. The number of nitrogens with zero attached hydrogens (tertiary/aromatic N) is 2. The molecule has 3 rings (SSSR count). The topological polar surface area (TPSA) is 168 Å². The molecular formula is C31H39N3O9S2Si. The second-order valence-electron chi connectivity index (χ2n) is 12.5. The number of carbonyl (C=O) groups excluding carboxylic acids is 4. The van der Waals surface area contributed by atoms with Gasteiger partial charge in [0.1, 0.15) is 35.5 Å². The lowest BCUT2D eigenvalue weighted by Gasteiger charge is -2.50. The van der Waals surface area contributed by atoms with Gasteiger partial charge in [-0.05, 0) is 98.2 Å². The number of rotatable bonds is 12. The van der Waals surface area contributed by atoms with Gasteiger partial charge in [0.25, 0.3) is 10.1 Å². The third-order valence-corrected chi connectivity index (χ3v) is 14.3. The molecule has 0 saturated carbocycles. The van der Waals surface area contributed by atoms with Crippen LogP contribution < -0.4 is 9.92 Å². The fourth-order valence-corrected chi connectivity index (χ4v) is 7.60. The molecule has 248 valence electrons. The van der Waals surface area contributed by atoms with E-state index in [4.69, 9.17) is 19.1 Å². The average molecular weight is 690 g/mol. The first-order chi connectivity index (χ1) is 21.3. The van der Waals surface area contributed by atoms with Crippen molar-refractivity contribution >= 4 is 60.0 Å². The van der Waals surface area contributed by atoms with Crippen LogP contribution in [-0.4, -0.2) is 51.8 Å². The van der Waals surface area contributed by atoms with Gasteiger partial charge in [0.05, 0.1) is 16.9 Å². The Balaban J connectivity index is 1.82. The van der Waals surface area contributed by atoms with E-state index in [1.165, 1.54) is 53.4 Å². The maximum Gasteiger partial charge on any atom is 0.355 e. The Hall–Kier alpha value is -3.66. The van der Waals surface area contributed by atoms with Crippen molar-refractivity contribution in [3.05, 3.63) is 81.0 Å². The Bertz CT molecular complexity index is 1520. The number of allylic oxidation sites excluding steroid dienone is 1. The number of esters is 1. The third kappa shape index (κ3) is 8.78. The minimum Gasteiger partial charge on any atom is -0.456 e. The molecule has 2 N–H and O–H groups in total. The molecule has 3 atom stereocenters. The molecule has 2 aromatic carbocycles. The van der Waals surface area contributed by atoms with E-state index in [9.17, 15) is 29.3 Å². The van der Waals surface area contributed by atoms with Gasteiger partial charge < -0.3 is 19.1 Å². The zero-order chi connectivity index (χ0) is 34.6. The summed E-state index contributed by atoms with van der Waals surface area (Å²) in [6.45, 7) is 15.3. The van der Waals surface area contributed by atoms with Crippen LogP contribution in [0.15, 0.2) is 59.8 Å². The van der Waals surface area contributed by atoms with Gasteiger partial charge in [-0.1, -0.05) is 20.8 Å². The lowest BCUT2D eigenvalue weighted by Crippen LogP contribution is -2.64. The van der Waals surface area contributed by atoms with Gasteiger partial charge >= 0.3 is 5.97 Å². The van der Waals surface area contributed by atoms with Crippen LogP contribution >= 0.6 is 23.8 Å². The molecule has 2 amide bonds. The Morgan fingerprint density at radius 1 is 1.07 bits per heavy atom. The summed E-state index contributed by atoms with van der Waals surface area (Å²) in [5.41, 5.74) is 6.48. The number of thioether (sulfide) groups is 1. The molecule has 1 fully saturated rings. The summed E-state index contributed by atoms with van der Waals surface area (Å²) in [5.74, 6) is -2.18. The first-order valence-electron chi connectivity index (χ1n) is 14.4. The van der Waals surface area contributed by atoms with Crippen LogP contribution in [0, 0.1) is 16.0 Å². The van der Waals surface area contributed by atoms with Gasteiger partial charge in [-0.2, -0.15) is 0 Å². The summed E-state index contributed by atoms with van der Waals surface area (Å²) >= 11 is 1.39. The zero-order valence-corrected chi connectivity index (χ0v) is 29.7. The monoisotopic (exact) mass is 689 g/mol. The fraction of sp³-hybridized carbons (Fsp3) is 0.419. The molecule has 0 aromatic heterocycles. The summed E-state index contributed by atoms with van der Waals surface area (Å²) in [4.78, 5) is 63.4. The second-order valence-corrected chi connectivity index (χ2v) is 19.3. The highest BCUT2D eigenvalue weighted by Gasteiger charge is 2.56. The number of nitro benzene ring substituents is 1. The van der Waals surface area contributed by atoms with Crippen LogP contribution in [0.5, 0.6) is 5.75 Å². The minimum absolute atomic E-state index is 0.000877. The number of amides is 2. The van der Waals surface area contributed by atoms with Crippen molar-refractivity contribution in [1.82, 2.24) is 4.90 Å². The second kappa shape index (κ2) is 14.8. The standard InChI is InChI=1S/C31H39N3O9S2Si/c1-18(2)25(29(37)41-17-20-9-13-22(14-10-20)34(39)40)33-27(36)24(19(3)43-46(7,8)31(4,5)6)28(33)44-30(38)45-42-23-15-11-21(12-16-23)26(32)35/h9-16,19,24,28H,17H2,1-8H3,(H2,32,35)/t19-,24?,28?/m0/s1. The first-order valence-corrected chi connectivity index (χ1v) is 18.9. The number of hydrogen-bond acceptors (Lipinski definition) is 11. The van der Waals surface area contributed by atoms with E-state index < -0.39 is 47.0 Å². The van der Waals surface area contributed by atoms with Gasteiger partial charge in [0, 0.05) is 17.7 Å². The van der Waals surface area contributed by atoms with Gasteiger partial charge in [0.2, 0.25) is 11.8 Å². The first kappa shape index (κ1) is 36.8. The molecule has 0 aliphatic carbocycles. The highest BCUT2D eigenvalue weighted by Crippen LogP contribution is 2.46. The molecule has 1 aliphatic heterocycles. The Morgan fingerprint density at radius 3 is 2.15 bits per heavy atom. The molecule has 1 heterocycles. The predicted molar refractivity (Wildman–Crippen MR) is 179 cm³/mol. The van der Waals surface area contributed by atoms with Crippen molar-refractivity contribution in [2.45, 2.75) is 77.8 Å². The lowest BCUT2D eigenvalue weighted by molar-refractivity contribution is -0.384. The van der Waals surface area contributed by atoms with E-state index in [-0.39, 0.29) is 34.5 Å². The molecule has 1 saturated heterocycles. The van der Waals surface area contributed by atoms with E-state index in [2.05, 4.69) is 33.9 Å². The summed E-state index contributed by atoms with van der Waals surface area (Å²) < 4.78 is 17.1. The highest BCUT2D eigenvalue weighted by atomic mass is 32.2. The van der Waals surface area contributed by atoms with E-state index in [0.29, 0.717) is 28.9 Å². The maximum atomic E-state index is 13.8. The number of nitro groups is 1. The van der Waals surface area contributed by atoms with Crippen molar-refractivity contribution in [2.24, 2.45) is 11.7 Å². The molecule has 1 aliphatic rings. The van der Waals surface area contributed by atoms with Crippen molar-refractivity contribution in [3.8, 4) is 5.75 Å². The number of nitrogens with two attached hydrogens (primary N) is 1. The number of non-ortho nitro benzene ring substituents is 1. The van der Waals surface area contributed by atoms with Crippen LogP contribution in [0.25, 0.3) is 0 Å². The molecule has 2 aromatic rings. The molecule has 0 spiro atoms. The Labute approximate surface area is 277 Å². The van der Waals surface area contributed by atoms with Crippen molar-refractivity contribution in [1.29, 1.82) is 0 Å². The molecule has 0 bridgehead atoms. The molecule has 46 heavy (non-hydrogen) atoms. The maximum absolute atomic E-state index is 13.8. The summed E-state index contributed by atoms with van der Waals surface area (Å²) in [6, 6.07) is 11.5. The number of likely N-dealkylation sites (tertiary alicyclic amines) is 1. The molecule has 2 unspecified atom stereocenters. The molecular weight excluding hydrogens is 651 g/mol. The zero-order valence-electron chi connectivity index (χ0n) is 27.0. The van der Waals surface area contributed by atoms with E-state index in [1.54, 1.807) is 20.8 Å². The van der Waals surface area contributed by atoms with Crippen molar-refractivity contribution in [3.63, 3.8) is 0 Å². The highest BCUT2D eigenvalue weighted by molar-refractivity contribution is 8.37. The quantitative estimate of drug-likeness (QED) is 0.0473. The third-order valence-electron chi connectivity index (χ3n) is 7.86. The normalized spacial score (nSPS) is 17.0. The number of benzene rings is 2. The molecule has 12 nitrogen and oxygen atoms in total. The van der Waals surface area contributed by atoms with E-state index >= 15 is 0 Å². The van der Waals surface area contributed by atoms with Crippen LogP contribution in [0.3, 0.4) is 0 Å². The number of β-lactam (4-membered cyclic amide) rings is 1. The van der Waals surface area contributed by atoms with E-state index in [0.717, 1.165) is 11.8 Å². The smallest absolute Gasteiger partial charge is 0.355 e. The largest absolute Gasteiger partial charge is 0.456 e. The van der Waals surface area contributed by atoms with Gasteiger partial charge in [-0.15, -0.1) is 0 Å². The van der Waals surface area contributed by atoms with Crippen molar-refractivity contribution in [2.75, 3.05) is 0 Å². The SMILES string of the molecule is CC(C)=C(C(=O)OCc1ccc([N+](=O)[O-])cc1)N1C(=O)C([C@H](C)O[Si](C)(C)C(C)(C)C)C1SC(=O)SOc1ccc(C(N)=O)cc1. The van der Waals surface area contributed by atoms with Crippen LogP contribution in [0.1, 0.15) is 57.5 Å². The van der Waals surface area contributed by atoms with Crippen molar-refractivity contribution < 1.29 is 37.4 Å². The van der Waals surface area contributed by atoms with Crippen LogP contribution in [-0.2, 0) is 25.4 Å². The van der Waals surface area contributed by atoms with Gasteiger partial charge in [-0.25, -0.2) is 4.79 Å². The van der Waals surface area contributed by atoms with Crippen LogP contribution in [0.4, 0.5) is 10.5 Å². The number of primary amides is 1. The predicted octanol–water partition coefficient (Wildman–Crippen LogP) is 6.81. The summed E-state index contributed by atoms with van der Waals surface area (Å²) in [7, 11) is -2.31. The minimum atomic E-state index is -2.31.